The smallest absolute Gasteiger partial charge is 0.0970 e. The highest BCUT2D eigenvalue weighted by Crippen LogP contribution is 2.18. The van der Waals surface area contributed by atoms with E-state index in [0.29, 0.717) is 19.1 Å². The first-order valence-electron chi connectivity index (χ1n) is 3.91. The first-order valence-corrected chi connectivity index (χ1v) is 4.79. The maximum atomic E-state index is 5.52. The van der Waals surface area contributed by atoms with E-state index < -0.39 is 0 Å². The van der Waals surface area contributed by atoms with Gasteiger partial charge in [-0.3, -0.25) is 0 Å². The molecule has 0 aliphatic heterocycles. The SMILES string of the molecule is COCc1csc(C(C)CN)n1. The number of ether oxygens (including phenoxy) is 1. The third-order valence-corrected chi connectivity index (χ3v) is 2.76. The first kappa shape index (κ1) is 9.64. The fraction of sp³-hybridized carbons (Fsp3) is 0.625. The van der Waals surface area contributed by atoms with Gasteiger partial charge in [0, 0.05) is 25.0 Å². The molecule has 4 heteroatoms. The van der Waals surface area contributed by atoms with Crippen molar-refractivity contribution in [1.29, 1.82) is 0 Å². The molecule has 2 N–H and O–H groups in total. The largest absolute Gasteiger partial charge is 0.378 e. The molecule has 0 amide bonds. The minimum absolute atomic E-state index is 0.362. The minimum atomic E-state index is 0.362. The zero-order valence-electron chi connectivity index (χ0n) is 7.41. The van der Waals surface area contributed by atoms with Gasteiger partial charge < -0.3 is 10.5 Å². The van der Waals surface area contributed by atoms with Crippen molar-refractivity contribution < 1.29 is 4.74 Å². The number of nitrogens with zero attached hydrogens (tertiary/aromatic N) is 1. The van der Waals surface area contributed by atoms with Crippen molar-refractivity contribution in [2.75, 3.05) is 13.7 Å². The minimum Gasteiger partial charge on any atom is -0.378 e. The van der Waals surface area contributed by atoms with Crippen molar-refractivity contribution >= 4 is 11.3 Å². The van der Waals surface area contributed by atoms with E-state index in [9.17, 15) is 0 Å². The normalized spacial score (nSPS) is 13.2. The molecule has 0 aliphatic rings. The molecule has 0 radical (unpaired) electrons. The molecular formula is C8H14N2OS. The van der Waals surface area contributed by atoms with Gasteiger partial charge in [0.15, 0.2) is 0 Å². The van der Waals surface area contributed by atoms with Gasteiger partial charge in [-0.15, -0.1) is 11.3 Å². The Kier molecular flexibility index (Phi) is 3.65. The van der Waals surface area contributed by atoms with Crippen LogP contribution in [0.2, 0.25) is 0 Å². The monoisotopic (exact) mass is 186 g/mol. The summed E-state index contributed by atoms with van der Waals surface area (Å²) in [5.41, 5.74) is 6.52. The Hall–Kier alpha value is -0.450. The summed E-state index contributed by atoms with van der Waals surface area (Å²) in [7, 11) is 1.67. The lowest BCUT2D eigenvalue weighted by Gasteiger charge is -2.01. The summed E-state index contributed by atoms with van der Waals surface area (Å²) in [5, 5.41) is 3.12. The third kappa shape index (κ3) is 2.27. The molecule has 3 nitrogen and oxygen atoms in total. The second-order valence-corrected chi connectivity index (χ2v) is 3.64. The summed E-state index contributed by atoms with van der Waals surface area (Å²) in [4.78, 5) is 4.38. The van der Waals surface area contributed by atoms with Crippen LogP contribution in [0.25, 0.3) is 0 Å². The molecule has 0 bridgehead atoms. The van der Waals surface area contributed by atoms with Crippen LogP contribution in [0.3, 0.4) is 0 Å². The molecule has 1 aromatic rings. The van der Waals surface area contributed by atoms with E-state index in [4.69, 9.17) is 10.5 Å². The van der Waals surface area contributed by atoms with Gasteiger partial charge in [-0.2, -0.15) is 0 Å². The zero-order chi connectivity index (χ0) is 8.97. The number of hydrogen-bond donors (Lipinski definition) is 1. The van der Waals surface area contributed by atoms with Crippen molar-refractivity contribution in [1.82, 2.24) is 4.98 Å². The number of rotatable bonds is 4. The summed E-state index contributed by atoms with van der Waals surface area (Å²) in [6.45, 7) is 3.32. The summed E-state index contributed by atoms with van der Waals surface area (Å²) in [5.74, 6) is 0.362. The number of hydrogen-bond acceptors (Lipinski definition) is 4. The van der Waals surface area contributed by atoms with Gasteiger partial charge in [-0.25, -0.2) is 4.98 Å². The summed E-state index contributed by atoms with van der Waals surface area (Å²) < 4.78 is 4.97. The van der Waals surface area contributed by atoms with E-state index in [1.54, 1.807) is 18.4 Å². The van der Waals surface area contributed by atoms with Gasteiger partial charge >= 0.3 is 0 Å². The Balaban J connectivity index is 2.63. The van der Waals surface area contributed by atoms with Crippen molar-refractivity contribution in [2.45, 2.75) is 19.4 Å². The fourth-order valence-electron chi connectivity index (χ4n) is 0.864. The fourth-order valence-corrected chi connectivity index (χ4v) is 1.74. The average molecular weight is 186 g/mol. The lowest BCUT2D eigenvalue weighted by atomic mass is 10.2. The molecule has 1 aromatic heterocycles. The van der Waals surface area contributed by atoms with Crippen LogP contribution in [-0.2, 0) is 11.3 Å². The highest BCUT2D eigenvalue weighted by Gasteiger charge is 2.07. The van der Waals surface area contributed by atoms with Gasteiger partial charge in [0.1, 0.15) is 0 Å². The molecule has 0 aromatic carbocycles. The number of thiazole rings is 1. The molecule has 68 valence electrons. The van der Waals surface area contributed by atoms with Gasteiger partial charge in [0.25, 0.3) is 0 Å². The third-order valence-electron chi connectivity index (χ3n) is 1.64. The van der Waals surface area contributed by atoms with E-state index in [-0.39, 0.29) is 0 Å². The van der Waals surface area contributed by atoms with Crippen molar-refractivity contribution in [2.24, 2.45) is 5.73 Å². The molecular weight excluding hydrogens is 172 g/mol. The van der Waals surface area contributed by atoms with Crippen LogP contribution in [0.15, 0.2) is 5.38 Å². The van der Waals surface area contributed by atoms with Crippen LogP contribution in [0.4, 0.5) is 0 Å². The van der Waals surface area contributed by atoms with Crippen LogP contribution in [0, 0.1) is 0 Å². The first-order chi connectivity index (χ1) is 5.77. The average Bonchev–Trinajstić information content (AvgIpc) is 2.52. The van der Waals surface area contributed by atoms with Gasteiger partial charge in [0.05, 0.1) is 17.3 Å². The van der Waals surface area contributed by atoms with Crippen molar-refractivity contribution in [3.63, 3.8) is 0 Å². The Morgan fingerprint density at radius 2 is 2.50 bits per heavy atom. The molecule has 1 rings (SSSR count). The number of nitrogens with two attached hydrogens (primary N) is 1. The van der Waals surface area contributed by atoms with Crippen LogP contribution in [0.5, 0.6) is 0 Å². The van der Waals surface area contributed by atoms with Crippen LogP contribution < -0.4 is 5.73 Å². The Morgan fingerprint density at radius 1 is 1.75 bits per heavy atom. The van der Waals surface area contributed by atoms with Crippen LogP contribution >= 0.6 is 11.3 Å². The molecule has 0 spiro atoms. The predicted molar refractivity (Wildman–Crippen MR) is 50.3 cm³/mol. The van der Waals surface area contributed by atoms with E-state index >= 15 is 0 Å². The lowest BCUT2D eigenvalue weighted by molar-refractivity contribution is 0.182. The van der Waals surface area contributed by atoms with Gasteiger partial charge in [-0.05, 0) is 0 Å². The van der Waals surface area contributed by atoms with Crippen LogP contribution in [0.1, 0.15) is 23.5 Å². The molecule has 1 atom stereocenters. The molecule has 0 fully saturated rings. The molecule has 1 unspecified atom stereocenters. The zero-order valence-corrected chi connectivity index (χ0v) is 8.23. The predicted octanol–water partition coefficient (Wildman–Crippen LogP) is 1.35. The maximum Gasteiger partial charge on any atom is 0.0970 e. The Bertz CT molecular complexity index is 237. The van der Waals surface area contributed by atoms with E-state index in [0.717, 1.165) is 10.7 Å². The Labute approximate surface area is 76.6 Å². The molecule has 0 aliphatic carbocycles. The second kappa shape index (κ2) is 4.54. The summed E-state index contributed by atoms with van der Waals surface area (Å²) in [6, 6.07) is 0. The lowest BCUT2D eigenvalue weighted by Crippen LogP contribution is -2.08. The molecule has 1 heterocycles. The molecule has 0 saturated carbocycles. The number of methoxy groups -OCH3 is 1. The van der Waals surface area contributed by atoms with E-state index in [1.807, 2.05) is 5.38 Å². The molecule has 0 saturated heterocycles. The van der Waals surface area contributed by atoms with Crippen LogP contribution in [-0.4, -0.2) is 18.6 Å². The highest BCUT2D eigenvalue weighted by molar-refractivity contribution is 7.09. The maximum absolute atomic E-state index is 5.52. The van der Waals surface area contributed by atoms with Crippen molar-refractivity contribution in [3.8, 4) is 0 Å². The van der Waals surface area contributed by atoms with Crippen molar-refractivity contribution in [3.05, 3.63) is 16.1 Å². The number of aromatic nitrogens is 1. The Morgan fingerprint density at radius 3 is 3.08 bits per heavy atom. The quantitative estimate of drug-likeness (QED) is 0.772. The van der Waals surface area contributed by atoms with Gasteiger partial charge in [0.2, 0.25) is 0 Å². The highest BCUT2D eigenvalue weighted by atomic mass is 32.1. The van der Waals surface area contributed by atoms with Gasteiger partial charge in [-0.1, -0.05) is 6.92 Å². The van der Waals surface area contributed by atoms with E-state index in [2.05, 4.69) is 11.9 Å². The summed E-state index contributed by atoms with van der Waals surface area (Å²) in [6.07, 6.45) is 0. The summed E-state index contributed by atoms with van der Waals surface area (Å²) >= 11 is 1.65. The topological polar surface area (TPSA) is 48.1 Å². The standard InChI is InChI=1S/C8H14N2OS/c1-6(3-9)8-10-7(4-11-2)5-12-8/h5-6H,3-4,9H2,1-2H3. The van der Waals surface area contributed by atoms with E-state index in [1.165, 1.54) is 0 Å². The second-order valence-electron chi connectivity index (χ2n) is 2.75. The molecule has 12 heavy (non-hydrogen) atoms.